The van der Waals surface area contributed by atoms with Crippen LogP contribution in [-0.4, -0.2) is 29.0 Å². The molecule has 1 heterocycles. The molecular formula is C7H8N2O4. The van der Waals surface area contributed by atoms with E-state index >= 15 is 0 Å². The second kappa shape index (κ2) is 5.68. The van der Waals surface area contributed by atoms with E-state index in [2.05, 4.69) is 9.84 Å². The lowest BCUT2D eigenvalue weighted by atomic mass is 10.4. The van der Waals surface area contributed by atoms with E-state index in [1.807, 2.05) is 0 Å². The van der Waals surface area contributed by atoms with Crippen molar-refractivity contribution in [3.05, 3.63) is 18.0 Å². The van der Waals surface area contributed by atoms with E-state index in [1.165, 1.54) is 7.11 Å². The molecule has 6 heteroatoms. The molecule has 6 nitrogen and oxygen atoms in total. The number of aromatic nitrogens is 2. The van der Waals surface area contributed by atoms with Gasteiger partial charge in [-0.1, -0.05) is 0 Å². The highest BCUT2D eigenvalue weighted by molar-refractivity contribution is 5.86. The molecule has 0 unspecified atom stereocenters. The van der Waals surface area contributed by atoms with E-state index in [1.54, 1.807) is 24.0 Å². The van der Waals surface area contributed by atoms with Crippen LogP contribution in [0, 0.1) is 0 Å². The SMILES string of the molecule is COC(=O)c1ccn(C)n1.O=C=O. The highest BCUT2D eigenvalue weighted by Gasteiger charge is 2.06. The Kier molecular flexibility index (Phi) is 4.83. The summed E-state index contributed by atoms with van der Waals surface area (Å²) < 4.78 is 5.98. The van der Waals surface area contributed by atoms with Crippen molar-refractivity contribution in [1.82, 2.24) is 9.78 Å². The van der Waals surface area contributed by atoms with Crippen LogP contribution in [0.3, 0.4) is 0 Å². The zero-order valence-electron chi connectivity index (χ0n) is 7.18. The van der Waals surface area contributed by atoms with Gasteiger partial charge in [-0.25, -0.2) is 4.79 Å². The minimum atomic E-state index is -0.402. The molecule has 70 valence electrons. The lowest BCUT2D eigenvalue weighted by molar-refractivity contribution is -0.191. The smallest absolute Gasteiger partial charge is 0.373 e. The molecule has 1 rings (SSSR count). The Labute approximate surface area is 74.1 Å². The lowest BCUT2D eigenvalue weighted by Crippen LogP contribution is -2.02. The normalized spacial score (nSPS) is 7.85. The maximum atomic E-state index is 10.7. The van der Waals surface area contributed by atoms with Crippen molar-refractivity contribution in [2.24, 2.45) is 7.05 Å². The summed E-state index contributed by atoms with van der Waals surface area (Å²) in [6.07, 6.45) is 1.94. The first-order valence-electron chi connectivity index (χ1n) is 3.23. The summed E-state index contributed by atoms with van der Waals surface area (Å²) in [5.41, 5.74) is 0.338. The summed E-state index contributed by atoms with van der Waals surface area (Å²) in [7, 11) is 3.07. The molecule has 0 amide bonds. The third-order valence-electron chi connectivity index (χ3n) is 1.11. The molecule has 0 spiro atoms. The number of ether oxygens (including phenoxy) is 1. The summed E-state index contributed by atoms with van der Waals surface area (Å²) in [5, 5.41) is 3.82. The number of nitrogens with zero attached hydrogens (tertiary/aromatic N) is 2. The fourth-order valence-electron chi connectivity index (χ4n) is 0.629. The lowest BCUT2D eigenvalue weighted by Gasteiger charge is -1.90. The molecule has 0 bridgehead atoms. The van der Waals surface area contributed by atoms with Gasteiger partial charge in [-0.05, 0) is 6.07 Å². The average molecular weight is 184 g/mol. The van der Waals surface area contributed by atoms with Crippen LogP contribution in [0.5, 0.6) is 0 Å². The molecule has 0 aliphatic carbocycles. The molecule has 1 aromatic heterocycles. The number of carbonyl (C=O) groups excluding carboxylic acids is 3. The van der Waals surface area contributed by atoms with Gasteiger partial charge in [0.05, 0.1) is 7.11 Å². The molecule has 1 aromatic rings. The van der Waals surface area contributed by atoms with Gasteiger partial charge in [-0.15, -0.1) is 0 Å². The third-order valence-corrected chi connectivity index (χ3v) is 1.11. The van der Waals surface area contributed by atoms with Crippen LogP contribution in [0.1, 0.15) is 10.5 Å². The van der Waals surface area contributed by atoms with Gasteiger partial charge in [0, 0.05) is 13.2 Å². The zero-order chi connectivity index (χ0) is 10.3. The zero-order valence-corrected chi connectivity index (χ0v) is 7.18. The van der Waals surface area contributed by atoms with Crippen LogP contribution in [0.2, 0.25) is 0 Å². The van der Waals surface area contributed by atoms with Crippen LogP contribution in [-0.2, 0) is 21.4 Å². The molecular weight excluding hydrogens is 176 g/mol. The van der Waals surface area contributed by atoms with Gasteiger partial charge in [0.15, 0.2) is 5.69 Å². The average Bonchev–Trinajstić information content (AvgIpc) is 2.52. The van der Waals surface area contributed by atoms with Crippen molar-refractivity contribution in [1.29, 1.82) is 0 Å². The first-order chi connectivity index (χ1) is 6.15. The van der Waals surface area contributed by atoms with Crippen molar-refractivity contribution in [2.75, 3.05) is 7.11 Å². The maximum Gasteiger partial charge on any atom is 0.373 e. The number of aryl methyl sites for hydroxylation is 1. The number of methoxy groups -OCH3 is 1. The predicted octanol–water partition coefficient (Wildman–Crippen LogP) is -0.377. The van der Waals surface area contributed by atoms with Gasteiger partial charge in [-0.2, -0.15) is 14.7 Å². The van der Waals surface area contributed by atoms with E-state index in [0.29, 0.717) is 5.69 Å². The Bertz CT molecular complexity index is 312. The summed E-state index contributed by atoms with van der Waals surface area (Å²) in [6.45, 7) is 0. The Morgan fingerprint density at radius 1 is 1.62 bits per heavy atom. The van der Waals surface area contributed by atoms with Crippen molar-refractivity contribution in [3.8, 4) is 0 Å². The van der Waals surface area contributed by atoms with E-state index in [-0.39, 0.29) is 6.15 Å². The van der Waals surface area contributed by atoms with Crippen molar-refractivity contribution in [2.45, 2.75) is 0 Å². The van der Waals surface area contributed by atoms with Crippen molar-refractivity contribution in [3.63, 3.8) is 0 Å². The topological polar surface area (TPSA) is 78.3 Å². The largest absolute Gasteiger partial charge is 0.464 e. The number of hydrogen-bond donors (Lipinski definition) is 0. The number of esters is 1. The fourth-order valence-corrected chi connectivity index (χ4v) is 0.629. The van der Waals surface area contributed by atoms with Crippen LogP contribution in [0.25, 0.3) is 0 Å². The van der Waals surface area contributed by atoms with E-state index in [0.717, 1.165) is 0 Å². The van der Waals surface area contributed by atoms with Crippen LogP contribution in [0.4, 0.5) is 0 Å². The van der Waals surface area contributed by atoms with E-state index in [4.69, 9.17) is 9.59 Å². The first kappa shape index (κ1) is 11.1. The Balaban J connectivity index is 0.000000424. The van der Waals surface area contributed by atoms with Crippen LogP contribution >= 0.6 is 0 Å². The molecule has 0 aliphatic rings. The molecule has 0 radical (unpaired) electrons. The van der Waals surface area contributed by atoms with E-state index in [9.17, 15) is 4.79 Å². The second-order valence-electron chi connectivity index (χ2n) is 1.95. The number of carbonyl (C=O) groups is 1. The fraction of sp³-hybridized carbons (Fsp3) is 0.286. The monoisotopic (exact) mass is 184 g/mol. The van der Waals surface area contributed by atoms with Gasteiger partial charge < -0.3 is 4.74 Å². The molecule has 0 atom stereocenters. The Morgan fingerprint density at radius 2 is 2.15 bits per heavy atom. The molecule has 0 saturated carbocycles. The molecule has 0 fully saturated rings. The molecule has 0 aliphatic heterocycles. The summed E-state index contributed by atoms with van der Waals surface area (Å²) in [4.78, 5) is 27.0. The van der Waals surface area contributed by atoms with Crippen LogP contribution < -0.4 is 0 Å². The molecule has 13 heavy (non-hydrogen) atoms. The summed E-state index contributed by atoms with van der Waals surface area (Å²) in [5.74, 6) is -0.402. The van der Waals surface area contributed by atoms with Crippen molar-refractivity contribution >= 4 is 12.1 Å². The summed E-state index contributed by atoms with van der Waals surface area (Å²) in [6, 6.07) is 1.60. The van der Waals surface area contributed by atoms with Gasteiger partial charge in [0.25, 0.3) is 0 Å². The molecule has 0 saturated heterocycles. The number of hydrogen-bond acceptors (Lipinski definition) is 5. The predicted molar refractivity (Wildman–Crippen MR) is 39.6 cm³/mol. The standard InChI is InChI=1S/C6H8N2O2.CO2/c1-8-4-3-5(7-8)6(9)10-2;2-1-3/h3-4H,1-2H3;. The Morgan fingerprint density at radius 3 is 2.46 bits per heavy atom. The highest BCUT2D eigenvalue weighted by Crippen LogP contribution is 1.94. The third kappa shape index (κ3) is 3.83. The minimum Gasteiger partial charge on any atom is -0.464 e. The number of rotatable bonds is 1. The van der Waals surface area contributed by atoms with Gasteiger partial charge in [-0.3, -0.25) is 4.68 Å². The van der Waals surface area contributed by atoms with Gasteiger partial charge in [0.2, 0.25) is 0 Å². The maximum absolute atomic E-state index is 10.7. The molecule has 0 aromatic carbocycles. The van der Waals surface area contributed by atoms with Crippen LogP contribution in [0.15, 0.2) is 12.3 Å². The highest BCUT2D eigenvalue weighted by atomic mass is 16.5. The quantitative estimate of drug-likeness (QED) is 0.556. The molecule has 0 N–H and O–H groups in total. The van der Waals surface area contributed by atoms with Gasteiger partial charge in [0.1, 0.15) is 0 Å². The second-order valence-corrected chi connectivity index (χ2v) is 1.95. The van der Waals surface area contributed by atoms with Crippen molar-refractivity contribution < 1.29 is 19.1 Å². The Hall–Kier alpha value is -1.94. The summed E-state index contributed by atoms with van der Waals surface area (Å²) >= 11 is 0. The minimum absolute atomic E-state index is 0.250. The first-order valence-corrected chi connectivity index (χ1v) is 3.23. The van der Waals surface area contributed by atoms with E-state index < -0.39 is 5.97 Å². The van der Waals surface area contributed by atoms with Gasteiger partial charge >= 0.3 is 12.1 Å².